The lowest BCUT2D eigenvalue weighted by Gasteiger charge is -2.24. The number of rotatable bonds is 5. The summed E-state index contributed by atoms with van der Waals surface area (Å²) in [6.45, 7) is 3.58. The molecule has 1 rings (SSSR count). The highest BCUT2D eigenvalue weighted by molar-refractivity contribution is 7.90. The summed E-state index contributed by atoms with van der Waals surface area (Å²) in [6, 6.07) is 4.66. The largest absolute Gasteiger partial charge is 0.495 e. The van der Waals surface area contributed by atoms with Crippen LogP contribution in [0.4, 0.5) is 0 Å². The molecule has 1 aromatic carbocycles. The first-order valence-corrected chi connectivity index (χ1v) is 7.57. The molecule has 0 spiro atoms. The maximum atomic E-state index is 11.6. The van der Waals surface area contributed by atoms with Crippen molar-refractivity contribution in [2.45, 2.75) is 30.6 Å². The van der Waals surface area contributed by atoms with Crippen molar-refractivity contribution in [3.8, 4) is 5.75 Å². The van der Waals surface area contributed by atoms with Crippen LogP contribution in [0, 0.1) is 0 Å². The van der Waals surface area contributed by atoms with E-state index >= 15 is 0 Å². The zero-order valence-electron chi connectivity index (χ0n) is 11.4. The van der Waals surface area contributed by atoms with Crippen molar-refractivity contribution >= 4 is 15.8 Å². The maximum absolute atomic E-state index is 11.6. The Kier molecular flexibility index (Phi) is 4.25. The van der Waals surface area contributed by atoms with Gasteiger partial charge in [0, 0.05) is 11.7 Å². The van der Waals surface area contributed by atoms with Gasteiger partial charge in [0.2, 0.25) is 0 Å². The Morgan fingerprint density at radius 3 is 2.37 bits per heavy atom. The lowest BCUT2D eigenvalue weighted by molar-refractivity contribution is -0.138. The number of carboxylic acid groups (broad SMARTS) is 1. The molecule has 0 atom stereocenters. The number of hydrogen-bond acceptors (Lipinski definition) is 4. The monoisotopic (exact) mass is 286 g/mol. The summed E-state index contributed by atoms with van der Waals surface area (Å²) in [5.74, 6) is -0.672. The highest BCUT2D eigenvalue weighted by Gasteiger charge is 2.26. The van der Waals surface area contributed by atoms with Gasteiger partial charge < -0.3 is 9.84 Å². The van der Waals surface area contributed by atoms with Crippen LogP contribution in [0.1, 0.15) is 25.8 Å². The van der Waals surface area contributed by atoms with E-state index in [1.54, 1.807) is 26.0 Å². The van der Waals surface area contributed by atoms with Gasteiger partial charge in [0.15, 0.2) is 9.84 Å². The highest BCUT2D eigenvalue weighted by atomic mass is 32.2. The molecule has 19 heavy (non-hydrogen) atoms. The van der Waals surface area contributed by atoms with E-state index in [0.29, 0.717) is 0 Å². The molecule has 106 valence electrons. The van der Waals surface area contributed by atoms with Gasteiger partial charge in [0.05, 0.1) is 13.5 Å². The zero-order valence-corrected chi connectivity index (χ0v) is 12.2. The fraction of sp³-hybridized carbons (Fsp3) is 0.462. The van der Waals surface area contributed by atoms with Crippen LogP contribution in [-0.2, 0) is 20.0 Å². The van der Waals surface area contributed by atoms with Crippen LogP contribution in [0.2, 0.25) is 0 Å². The van der Waals surface area contributed by atoms with E-state index in [1.165, 1.54) is 13.2 Å². The van der Waals surface area contributed by atoms with Crippen LogP contribution in [0.15, 0.2) is 23.1 Å². The lowest BCUT2D eigenvalue weighted by Crippen LogP contribution is -2.22. The third kappa shape index (κ3) is 3.70. The lowest BCUT2D eigenvalue weighted by atomic mass is 9.81. The van der Waals surface area contributed by atoms with Crippen LogP contribution >= 0.6 is 0 Å². The summed E-state index contributed by atoms with van der Waals surface area (Å²) >= 11 is 0. The summed E-state index contributed by atoms with van der Waals surface area (Å²) in [7, 11) is -1.99. The second kappa shape index (κ2) is 5.21. The molecule has 0 aliphatic heterocycles. The SMILES string of the molecule is COc1cc(C(C)(C)CC(=O)O)ccc1S(C)(=O)=O. The molecule has 0 amide bonds. The van der Waals surface area contributed by atoms with E-state index in [1.807, 2.05) is 0 Å². The Morgan fingerprint density at radius 1 is 1.37 bits per heavy atom. The molecule has 0 heterocycles. The Hall–Kier alpha value is -1.56. The molecule has 0 bridgehead atoms. The predicted octanol–water partition coefficient (Wildman–Crippen LogP) is 1.85. The first-order valence-electron chi connectivity index (χ1n) is 5.68. The minimum absolute atomic E-state index is 0.0472. The summed E-state index contributed by atoms with van der Waals surface area (Å²) < 4.78 is 28.2. The predicted molar refractivity (Wildman–Crippen MR) is 71.4 cm³/mol. The van der Waals surface area contributed by atoms with Crippen molar-refractivity contribution in [1.29, 1.82) is 0 Å². The number of hydrogen-bond donors (Lipinski definition) is 1. The first-order chi connectivity index (χ1) is 8.58. The molecule has 5 nitrogen and oxygen atoms in total. The standard InChI is InChI=1S/C13H18O5S/c1-13(2,8-12(14)15)9-5-6-11(19(4,16)17)10(7-9)18-3/h5-7H,8H2,1-4H3,(H,14,15). The van der Waals surface area contributed by atoms with Gasteiger partial charge >= 0.3 is 5.97 Å². The molecule has 0 fully saturated rings. The number of carboxylic acids is 1. The van der Waals surface area contributed by atoms with Crippen molar-refractivity contribution in [1.82, 2.24) is 0 Å². The van der Waals surface area contributed by atoms with Crippen molar-refractivity contribution in [2.75, 3.05) is 13.4 Å². The van der Waals surface area contributed by atoms with Gasteiger partial charge in [-0.25, -0.2) is 8.42 Å². The molecule has 0 aliphatic rings. The van der Waals surface area contributed by atoms with Crippen molar-refractivity contribution < 1.29 is 23.1 Å². The van der Waals surface area contributed by atoms with Gasteiger partial charge in [-0.05, 0) is 17.7 Å². The zero-order chi connectivity index (χ0) is 14.8. The van der Waals surface area contributed by atoms with E-state index in [0.717, 1.165) is 11.8 Å². The average Bonchev–Trinajstić information content (AvgIpc) is 2.25. The highest BCUT2D eigenvalue weighted by Crippen LogP contribution is 2.33. The topological polar surface area (TPSA) is 80.7 Å². The van der Waals surface area contributed by atoms with Gasteiger partial charge in [0.25, 0.3) is 0 Å². The Morgan fingerprint density at radius 2 is 1.95 bits per heavy atom. The van der Waals surface area contributed by atoms with E-state index in [4.69, 9.17) is 9.84 Å². The molecule has 1 aromatic rings. The third-order valence-corrected chi connectivity index (χ3v) is 4.07. The van der Waals surface area contributed by atoms with E-state index in [-0.39, 0.29) is 17.1 Å². The van der Waals surface area contributed by atoms with Gasteiger partial charge in [0.1, 0.15) is 10.6 Å². The smallest absolute Gasteiger partial charge is 0.304 e. The second-order valence-corrected chi connectivity index (χ2v) is 7.08. The third-order valence-electron chi connectivity index (χ3n) is 2.94. The minimum Gasteiger partial charge on any atom is -0.495 e. The quantitative estimate of drug-likeness (QED) is 0.893. The minimum atomic E-state index is -3.37. The molecule has 0 aliphatic carbocycles. The van der Waals surface area contributed by atoms with Crippen molar-refractivity contribution in [3.05, 3.63) is 23.8 Å². The van der Waals surface area contributed by atoms with Crippen molar-refractivity contribution in [3.63, 3.8) is 0 Å². The molecule has 0 unspecified atom stereocenters. The van der Waals surface area contributed by atoms with Gasteiger partial charge in [-0.2, -0.15) is 0 Å². The number of benzene rings is 1. The Labute approximate surface area is 113 Å². The first kappa shape index (κ1) is 15.5. The normalized spacial score (nSPS) is 12.2. The summed E-state index contributed by atoms with van der Waals surface area (Å²) in [6.07, 6.45) is 1.06. The summed E-state index contributed by atoms with van der Waals surface area (Å²) in [4.78, 5) is 10.9. The van der Waals surface area contributed by atoms with E-state index in [9.17, 15) is 13.2 Å². The van der Waals surface area contributed by atoms with Gasteiger partial charge in [-0.15, -0.1) is 0 Å². The summed E-state index contributed by atoms with van der Waals surface area (Å²) in [5, 5.41) is 8.89. The molecule has 0 radical (unpaired) electrons. The fourth-order valence-electron chi connectivity index (χ4n) is 1.88. The van der Waals surface area contributed by atoms with Crippen LogP contribution in [-0.4, -0.2) is 32.9 Å². The fourth-order valence-corrected chi connectivity index (χ4v) is 2.70. The molecule has 6 heteroatoms. The number of ether oxygens (including phenoxy) is 1. The molecule has 0 saturated carbocycles. The number of aliphatic carboxylic acids is 1. The van der Waals surface area contributed by atoms with E-state index < -0.39 is 21.2 Å². The molecule has 0 saturated heterocycles. The number of methoxy groups -OCH3 is 1. The summed E-state index contributed by atoms with van der Waals surface area (Å²) in [5.41, 5.74) is 0.119. The van der Waals surface area contributed by atoms with Crippen molar-refractivity contribution in [2.24, 2.45) is 0 Å². The number of sulfone groups is 1. The second-order valence-electron chi connectivity index (χ2n) is 5.09. The van der Waals surface area contributed by atoms with Crippen LogP contribution in [0.5, 0.6) is 5.75 Å². The van der Waals surface area contributed by atoms with Crippen LogP contribution in [0.25, 0.3) is 0 Å². The molecule has 1 N–H and O–H groups in total. The maximum Gasteiger partial charge on any atom is 0.304 e. The molecular formula is C13H18O5S. The van der Waals surface area contributed by atoms with Gasteiger partial charge in [-0.1, -0.05) is 19.9 Å². The Balaban J connectivity index is 3.32. The average molecular weight is 286 g/mol. The van der Waals surface area contributed by atoms with E-state index in [2.05, 4.69) is 0 Å². The molecular weight excluding hydrogens is 268 g/mol. The van der Waals surface area contributed by atoms with Gasteiger partial charge in [-0.3, -0.25) is 4.79 Å². The molecule has 0 aromatic heterocycles. The van der Waals surface area contributed by atoms with Crippen LogP contribution < -0.4 is 4.74 Å². The number of carbonyl (C=O) groups is 1. The van der Waals surface area contributed by atoms with Crippen LogP contribution in [0.3, 0.4) is 0 Å². The Bertz CT molecular complexity index is 587.